The first kappa shape index (κ1) is 34.4. The van der Waals surface area contributed by atoms with E-state index in [9.17, 15) is 0 Å². The lowest BCUT2D eigenvalue weighted by Crippen LogP contribution is -2.01. The van der Waals surface area contributed by atoms with Gasteiger partial charge in [0.25, 0.3) is 0 Å². The molecule has 13 aromatic rings. The first-order valence-electron chi connectivity index (χ1n) is 20.9. The number of furan rings is 1. The van der Waals surface area contributed by atoms with Gasteiger partial charge in [0.2, 0.25) is 0 Å². The monoisotopic (exact) mass is 793 g/mol. The summed E-state index contributed by atoms with van der Waals surface area (Å²) in [6.45, 7) is 0. The van der Waals surface area contributed by atoms with Gasteiger partial charge in [-0.3, -0.25) is 4.57 Å². The Balaban J connectivity index is 1.04. The third-order valence-electron chi connectivity index (χ3n) is 12.4. The van der Waals surface area contributed by atoms with Crippen LogP contribution in [0.5, 0.6) is 0 Å². The minimum atomic E-state index is 0.786. The predicted octanol–water partition coefficient (Wildman–Crippen LogP) is 14.4. The predicted molar refractivity (Wildman–Crippen MR) is 254 cm³/mol. The zero-order chi connectivity index (χ0) is 40.7. The Bertz CT molecular complexity index is 3870. The number of hydrogen-bond acceptors (Lipinski definition) is 3. The summed E-state index contributed by atoms with van der Waals surface area (Å²) in [5, 5.41) is 16.6. The second kappa shape index (κ2) is 13.5. The van der Waals surface area contributed by atoms with Crippen LogP contribution in [0.15, 0.2) is 217 Å². The molecular formula is C56H35N5O. The standard InChI is InChI=1S/C56H35N5O/c1-3-17-36(18-4-1)55-57-58-56(59(55)38-19-5-2-6-20-38)37-31-33-50-45(35-37)42-24-10-13-27-47(42)60(50)46-26-12-7-21-39(46)40-22-8-14-28-48(40)61-49-29-15-9-23-41(49)43-32-34-52-53(54(43)61)44-25-11-16-30-51(44)62-52/h1-35H. The summed E-state index contributed by atoms with van der Waals surface area (Å²) in [5.41, 5.74) is 13.7. The molecule has 0 fully saturated rings. The molecule has 62 heavy (non-hydrogen) atoms. The van der Waals surface area contributed by atoms with Gasteiger partial charge in [-0.25, -0.2) is 0 Å². The molecule has 0 aliphatic heterocycles. The molecule has 0 spiro atoms. The van der Waals surface area contributed by atoms with Crippen molar-refractivity contribution in [2.24, 2.45) is 0 Å². The summed E-state index contributed by atoms with van der Waals surface area (Å²) in [6, 6.07) is 75.1. The van der Waals surface area contributed by atoms with E-state index >= 15 is 0 Å². The molecule has 6 nitrogen and oxygen atoms in total. The Morgan fingerprint density at radius 1 is 0.339 bits per heavy atom. The van der Waals surface area contributed by atoms with Gasteiger partial charge in [-0.05, 0) is 72.8 Å². The first-order valence-corrected chi connectivity index (χ1v) is 20.9. The summed E-state index contributed by atoms with van der Waals surface area (Å²) < 4.78 is 13.5. The van der Waals surface area contributed by atoms with Gasteiger partial charge in [0, 0.05) is 54.9 Å². The van der Waals surface area contributed by atoms with E-state index in [1.54, 1.807) is 0 Å². The average Bonchev–Trinajstić information content (AvgIpc) is 4.11. The Labute approximate surface area is 355 Å². The van der Waals surface area contributed by atoms with Gasteiger partial charge in [-0.1, -0.05) is 140 Å². The number of fused-ring (bicyclic) bond motifs is 10. The van der Waals surface area contributed by atoms with Crippen LogP contribution in [0.25, 0.3) is 117 Å². The Kier molecular flexibility index (Phi) is 7.50. The highest BCUT2D eigenvalue weighted by molar-refractivity contribution is 6.24. The minimum absolute atomic E-state index is 0.786. The maximum absolute atomic E-state index is 6.47. The van der Waals surface area contributed by atoms with E-state index in [0.717, 1.165) is 106 Å². The van der Waals surface area contributed by atoms with E-state index in [-0.39, 0.29) is 0 Å². The summed E-state index contributed by atoms with van der Waals surface area (Å²) in [7, 11) is 0. The number of benzene rings is 9. The molecule has 0 unspecified atom stereocenters. The molecule has 0 aliphatic rings. The number of para-hydroxylation sites is 6. The maximum Gasteiger partial charge on any atom is 0.168 e. The zero-order valence-corrected chi connectivity index (χ0v) is 33.4. The molecule has 13 rings (SSSR count). The number of hydrogen-bond donors (Lipinski definition) is 0. The van der Waals surface area contributed by atoms with Crippen molar-refractivity contribution < 1.29 is 4.42 Å². The Morgan fingerprint density at radius 2 is 0.887 bits per heavy atom. The molecular weight excluding hydrogens is 759 g/mol. The van der Waals surface area contributed by atoms with Gasteiger partial charge < -0.3 is 13.6 Å². The molecule has 0 saturated carbocycles. The summed E-state index contributed by atoms with van der Waals surface area (Å²) in [4.78, 5) is 0. The van der Waals surface area contributed by atoms with Gasteiger partial charge in [0.05, 0.1) is 38.8 Å². The largest absolute Gasteiger partial charge is 0.456 e. The van der Waals surface area contributed by atoms with Crippen molar-refractivity contribution >= 4 is 65.6 Å². The molecule has 0 N–H and O–H groups in total. The van der Waals surface area contributed by atoms with Gasteiger partial charge in [0.1, 0.15) is 11.2 Å². The SMILES string of the molecule is c1ccc(-c2nnc(-c3ccc4c(c3)c3ccccc3n4-c3ccccc3-c3ccccc3-n3c4ccccc4c4ccc5oc6ccccc6c5c43)n2-c2ccccc2)cc1. The maximum atomic E-state index is 6.47. The lowest BCUT2D eigenvalue weighted by molar-refractivity contribution is 0.669. The van der Waals surface area contributed by atoms with E-state index in [4.69, 9.17) is 14.6 Å². The summed E-state index contributed by atoms with van der Waals surface area (Å²) in [5.74, 6) is 1.58. The molecule has 0 atom stereocenters. The fourth-order valence-corrected chi connectivity index (χ4v) is 9.75. The summed E-state index contributed by atoms with van der Waals surface area (Å²) in [6.07, 6.45) is 0. The lowest BCUT2D eigenvalue weighted by Gasteiger charge is -2.18. The highest BCUT2D eigenvalue weighted by atomic mass is 16.3. The van der Waals surface area contributed by atoms with Gasteiger partial charge in [-0.15, -0.1) is 10.2 Å². The van der Waals surface area contributed by atoms with Crippen LogP contribution in [0.4, 0.5) is 0 Å². The van der Waals surface area contributed by atoms with Crippen LogP contribution in [0.3, 0.4) is 0 Å². The van der Waals surface area contributed by atoms with Crippen molar-refractivity contribution in [1.82, 2.24) is 23.9 Å². The average molecular weight is 794 g/mol. The van der Waals surface area contributed by atoms with E-state index in [1.165, 1.54) is 10.8 Å². The molecule has 0 bridgehead atoms. The third-order valence-corrected chi connectivity index (χ3v) is 12.4. The van der Waals surface area contributed by atoms with E-state index in [2.05, 4.69) is 196 Å². The van der Waals surface area contributed by atoms with E-state index < -0.39 is 0 Å². The van der Waals surface area contributed by atoms with Crippen molar-refractivity contribution in [3.05, 3.63) is 212 Å². The van der Waals surface area contributed by atoms with Crippen LogP contribution in [-0.2, 0) is 0 Å². The highest BCUT2D eigenvalue weighted by Gasteiger charge is 2.24. The molecule has 9 aromatic carbocycles. The van der Waals surface area contributed by atoms with Crippen molar-refractivity contribution in [2.75, 3.05) is 0 Å². The van der Waals surface area contributed by atoms with Gasteiger partial charge >= 0.3 is 0 Å². The number of rotatable bonds is 6. The van der Waals surface area contributed by atoms with Crippen LogP contribution >= 0.6 is 0 Å². The molecule has 0 aliphatic carbocycles. The first-order chi connectivity index (χ1) is 30.8. The second-order valence-electron chi connectivity index (χ2n) is 15.8. The molecule has 290 valence electrons. The molecule has 0 amide bonds. The van der Waals surface area contributed by atoms with Crippen molar-refractivity contribution in [2.45, 2.75) is 0 Å². The fourth-order valence-electron chi connectivity index (χ4n) is 9.75. The molecule has 4 heterocycles. The van der Waals surface area contributed by atoms with Crippen molar-refractivity contribution in [3.8, 4) is 51.0 Å². The highest BCUT2D eigenvalue weighted by Crippen LogP contribution is 2.44. The number of aromatic nitrogens is 5. The van der Waals surface area contributed by atoms with E-state index in [0.29, 0.717) is 0 Å². The van der Waals surface area contributed by atoms with Crippen LogP contribution < -0.4 is 0 Å². The quantitative estimate of drug-likeness (QED) is 0.168. The van der Waals surface area contributed by atoms with Crippen LogP contribution in [0.1, 0.15) is 0 Å². The smallest absolute Gasteiger partial charge is 0.168 e. The topological polar surface area (TPSA) is 53.7 Å². The van der Waals surface area contributed by atoms with Crippen LogP contribution in [0, 0.1) is 0 Å². The second-order valence-corrected chi connectivity index (χ2v) is 15.8. The Hall–Kier alpha value is -8.48. The fraction of sp³-hybridized carbons (Fsp3) is 0. The minimum Gasteiger partial charge on any atom is -0.456 e. The van der Waals surface area contributed by atoms with Crippen molar-refractivity contribution in [1.29, 1.82) is 0 Å². The van der Waals surface area contributed by atoms with Crippen LogP contribution in [-0.4, -0.2) is 23.9 Å². The lowest BCUT2D eigenvalue weighted by atomic mass is 10.0. The number of nitrogens with zero attached hydrogens (tertiary/aromatic N) is 5. The van der Waals surface area contributed by atoms with Crippen molar-refractivity contribution in [3.63, 3.8) is 0 Å². The molecule has 0 saturated heterocycles. The van der Waals surface area contributed by atoms with Gasteiger partial charge in [-0.2, -0.15) is 0 Å². The summed E-state index contributed by atoms with van der Waals surface area (Å²) >= 11 is 0. The normalized spacial score (nSPS) is 11.9. The third kappa shape index (κ3) is 5.04. The molecule has 4 aromatic heterocycles. The van der Waals surface area contributed by atoms with Crippen LogP contribution in [0.2, 0.25) is 0 Å². The Morgan fingerprint density at radius 3 is 1.63 bits per heavy atom. The molecule has 0 radical (unpaired) electrons. The van der Waals surface area contributed by atoms with E-state index in [1.807, 2.05) is 30.3 Å². The van der Waals surface area contributed by atoms with Gasteiger partial charge in [0.15, 0.2) is 11.6 Å². The zero-order valence-electron chi connectivity index (χ0n) is 33.4. The molecule has 6 heteroatoms.